The van der Waals surface area contributed by atoms with Crippen LogP contribution in [0.25, 0.3) is 0 Å². The topological polar surface area (TPSA) is 88.9 Å². The van der Waals surface area contributed by atoms with E-state index in [0.29, 0.717) is 30.8 Å². The molecule has 26 heavy (non-hydrogen) atoms. The van der Waals surface area contributed by atoms with Gasteiger partial charge in [0.25, 0.3) is 5.91 Å². The van der Waals surface area contributed by atoms with Crippen molar-refractivity contribution < 1.29 is 23.5 Å². The summed E-state index contributed by atoms with van der Waals surface area (Å²) in [7, 11) is 1.32. The molecule has 1 aromatic carbocycles. The first-order valence-corrected chi connectivity index (χ1v) is 8.40. The lowest BCUT2D eigenvalue weighted by Gasteiger charge is -2.31. The van der Waals surface area contributed by atoms with E-state index in [9.17, 15) is 14.4 Å². The Morgan fingerprint density at radius 3 is 2.62 bits per heavy atom. The van der Waals surface area contributed by atoms with Crippen LogP contribution in [0, 0.1) is 5.92 Å². The van der Waals surface area contributed by atoms with E-state index in [4.69, 9.17) is 4.42 Å². The van der Waals surface area contributed by atoms with Crippen LogP contribution in [-0.4, -0.2) is 42.9 Å². The molecule has 1 aliphatic heterocycles. The SMILES string of the molecule is COC(=O)c1ccc(NC(=O)[C@@H]2CCCN(C(=O)c3ccco3)C2)cc1. The van der Waals surface area contributed by atoms with E-state index in [-0.39, 0.29) is 23.5 Å². The lowest BCUT2D eigenvalue weighted by molar-refractivity contribution is -0.121. The summed E-state index contributed by atoms with van der Waals surface area (Å²) < 4.78 is 9.80. The Balaban J connectivity index is 1.60. The lowest BCUT2D eigenvalue weighted by atomic mass is 9.96. The van der Waals surface area contributed by atoms with Gasteiger partial charge >= 0.3 is 5.97 Å². The number of nitrogens with one attached hydrogen (secondary N) is 1. The number of furan rings is 1. The minimum atomic E-state index is -0.428. The summed E-state index contributed by atoms with van der Waals surface area (Å²) >= 11 is 0. The number of carbonyl (C=O) groups is 3. The molecule has 2 heterocycles. The number of ether oxygens (including phenoxy) is 1. The van der Waals surface area contributed by atoms with Gasteiger partial charge in [-0.15, -0.1) is 0 Å². The minimum absolute atomic E-state index is 0.146. The third kappa shape index (κ3) is 3.93. The van der Waals surface area contributed by atoms with Crippen LogP contribution in [-0.2, 0) is 9.53 Å². The summed E-state index contributed by atoms with van der Waals surface area (Å²) in [5, 5.41) is 2.84. The fourth-order valence-electron chi connectivity index (χ4n) is 2.98. The highest BCUT2D eigenvalue weighted by Gasteiger charge is 2.29. The van der Waals surface area contributed by atoms with Crippen molar-refractivity contribution in [3.05, 3.63) is 54.0 Å². The minimum Gasteiger partial charge on any atom is -0.465 e. The highest BCUT2D eigenvalue weighted by atomic mass is 16.5. The van der Waals surface area contributed by atoms with Crippen molar-refractivity contribution in [1.29, 1.82) is 0 Å². The molecule has 0 saturated carbocycles. The molecule has 7 nitrogen and oxygen atoms in total. The molecule has 1 N–H and O–H groups in total. The predicted molar refractivity (Wildman–Crippen MR) is 93.7 cm³/mol. The number of hydrogen-bond donors (Lipinski definition) is 1. The van der Waals surface area contributed by atoms with Crippen LogP contribution < -0.4 is 5.32 Å². The monoisotopic (exact) mass is 356 g/mol. The molecule has 0 spiro atoms. The molecule has 0 bridgehead atoms. The second-order valence-corrected chi connectivity index (χ2v) is 6.13. The van der Waals surface area contributed by atoms with Gasteiger partial charge in [0.2, 0.25) is 5.91 Å². The van der Waals surface area contributed by atoms with E-state index in [1.807, 2.05) is 0 Å². The first-order chi connectivity index (χ1) is 12.6. The number of rotatable bonds is 4. The zero-order valence-electron chi connectivity index (χ0n) is 14.4. The van der Waals surface area contributed by atoms with Gasteiger partial charge < -0.3 is 19.4 Å². The molecule has 2 amide bonds. The standard InChI is InChI=1S/C19H20N2O5/c1-25-19(24)13-6-8-15(9-7-13)20-17(22)14-4-2-10-21(12-14)18(23)16-5-3-11-26-16/h3,5-9,11,14H,2,4,10,12H2,1H3,(H,20,22)/t14-/m1/s1. The van der Waals surface area contributed by atoms with Crippen molar-refractivity contribution in [3.63, 3.8) is 0 Å². The zero-order valence-corrected chi connectivity index (χ0v) is 14.4. The van der Waals surface area contributed by atoms with Crippen molar-refractivity contribution >= 4 is 23.5 Å². The quantitative estimate of drug-likeness (QED) is 0.851. The molecule has 1 aromatic heterocycles. The number of piperidine rings is 1. The predicted octanol–water partition coefficient (Wildman–Crippen LogP) is 2.56. The smallest absolute Gasteiger partial charge is 0.337 e. The average molecular weight is 356 g/mol. The van der Waals surface area contributed by atoms with E-state index in [1.54, 1.807) is 41.3 Å². The van der Waals surface area contributed by atoms with Crippen molar-refractivity contribution in [1.82, 2.24) is 4.90 Å². The van der Waals surface area contributed by atoms with Crippen molar-refractivity contribution in [2.45, 2.75) is 12.8 Å². The lowest BCUT2D eigenvalue weighted by Crippen LogP contribution is -2.43. The van der Waals surface area contributed by atoms with Gasteiger partial charge in [-0.3, -0.25) is 9.59 Å². The number of anilines is 1. The third-order valence-corrected chi connectivity index (χ3v) is 4.38. The summed E-state index contributed by atoms with van der Waals surface area (Å²) in [5.41, 5.74) is 1.01. The van der Waals surface area contributed by atoms with E-state index in [2.05, 4.69) is 10.1 Å². The second kappa shape index (κ2) is 7.86. The molecule has 2 aromatic rings. The third-order valence-electron chi connectivity index (χ3n) is 4.38. The van der Waals surface area contributed by atoms with Crippen molar-refractivity contribution in [3.8, 4) is 0 Å². The molecule has 7 heteroatoms. The number of hydrogen-bond acceptors (Lipinski definition) is 5. The van der Waals surface area contributed by atoms with Crippen molar-refractivity contribution in [2.24, 2.45) is 5.92 Å². The number of benzene rings is 1. The molecule has 0 unspecified atom stereocenters. The van der Waals surface area contributed by atoms with Crippen LogP contribution in [0.5, 0.6) is 0 Å². The van der Waals surface area contributed by atoms with Gasteiger partial charge in [0.15, 0.2) is 5.76 Å². The summed E-state index contributed by atoms with van der Waals surface area (Å²) in [4.78, 5) is 38.0. The van der Waals surface area contributed by atoms with E-state index in [1.165, 1.54) is 13.4 Å². The molecule has 1 atom stereocenters. The summed E-state index contributed by atoms with van der Waals surface area (Å²) in [6.07, 6.45) is 2.93. The maximum atomic E-state index is 12.5. The number of methoxy groups -OCH3 is 1. The Labute approximate surface area is 150 Å². The summed E-state index contributed by atoms with van der Waals surface area (Å²) in [5.74, 6) is -0.780. The molecule has 136 valence electrons. The van der Waals surface area contributed by atoms with Crippen LogP contribution in [0.4, 0.5) is 5.69 Å². The number of amides is 2. The summed E-state index contributed by atoms with van der Waals surface area (Å²) in [6.45, 7) is 0.961. The highest BCUT2D eigenvalue weighted by molar-refractivity contribution is 5.95. The van der Waals surface area contributed by atoms with Gasteiger partial charge in [-0.25, -0.2) is 4.79 Å². The van der Waals surface area contributed by atoms with E-state index < -0.39 is 5.97 Å². The molecule has 1 aliphatic rings. The molecule has 3 rings (SSSR count). The summed E-state index contributed by atoms with van der Waals surface area (Å²) in [6, 6.07) is 9.77. The normalized spacial score (nSPS) is 16.8. The molecule has 0 radical (unpaired) electrons. The van der Waals surface area contributed by atoms with Crippen LogP contribution in [0.1, 0.15) is 33.8 Å². The van der Waals surface area contributed by atoms with Crippen LogP contribution in [0.3, 0.4) is 0 Å². The Morgan fingerprint density at radius 1 is 1.19 bits per heavy atom. The zero-order chi connectivity index (χ0) is 18.5. The van der Waals surface area contributed by atoms with Crippen molar-refractivity contribution in [2.75, 3.05) is 25.5 Å². The Kier molecular flexibility index (Phi) is 5.36. The van der Waals surface area contributed by atoms with Gasteiger partial charge in [0.05, 0.1) is 24.9 Å². The molecular formula is C19H20N2O5. The van der Waals surface area contributed by atoms with Crippen LogP contribution >= 0.6 is 0 Å². The first-order valence-electron chi connectivity index (χ1n) is 8.40. The Morgan fingerprint density at radius 2 is 1.96 bits per heavy atom. The maximum Gasteiger partial charge on any atom is 0.337 e. The molecule has 0 aliphatic carbocycles. The Bertz CT molecular complexity index is 783. The average Bonchev–Trinajstić information content (AvgIpc) is 3.22. The van der Waals surface area contributed by atoms with Gasteiger partial charge in [-0.1, -0.05) is 0 Å². The maximum absolute atomic E-state index is 12.5. The fraction of sp³-hybridized carbons (Fsp3) is 0.316. The first kappa shape index (κ1) is 17.7. The van der Waals surface area contributed by atoms with Gasteiger partial charge in [0.1, 0.15) is 0 Å². The number of carbonyl (C=O) groups excluding carboxylic acids is 3. The number of esters is 1. The fourth-order valence-corrected chi connectivity index (χ4v) is 2.98. The van der Waals surface area contributed by atoms with Crippen LogP contribution in [0.2, 0.25) is 0 Å². The molecular weight excluding hydrogens is 336 g/mol. The van der Waals surface area contributed by atoms with E-state index in [0.717, 1.165) is 6.42 Å². The molecule has 1 saturated heterocycles. The Hall–Kier alpha value is -3.09. The van der Waals surface area contributed by atoms with Gasteiger partial charge in [-0.2, -0.15) is 0 Å². The number of likely N-dealkylation sites (tertiary alicyclic amines) is 1. The van der Waals surface area contributed by atoms with Crippen LogP contribution in [0.15, 0.2) is 47.1 Å². The van der Waals surface area contributed by atoms with Gasteiger partial charge in [-0.05, 0) is 49.2 Å². The number of nitrogens with zero attached hydrogens (tertiary/aromatic N) is 1. The highest BCUT2D eigenvalue weighted by Crippen LogP contribution is 2.21. The largest absolute Gasteiger partial charge is 0.465 e. The molecule has 1 fully saturated rings. The van der Waals surface area contributed by atoms with Gasteiger partial charge in [0, 0.05) is 18.8 Å². The second-order valence-electron chi connectivity index (χ2n) is 6.13. The van der Waals surface area contributed by atoms with E-state index >= 15 is 0 Å².